The van der Waals surface area contributed by atoms with Crippen LogP contribution in [0.25, 0.3) is 5.82 Å². The van der Waals surface area contributed by atoms with Crippen molar-refractivity contribution in [2.24, 2.45) is 0 Å². The van der Waals surface area contributed by atoms with Gasteiger partial charge < -0.3 is 10.6 Å². The van der Waals surface area contributed by atoms with E-state index in [1.54, 1.807) is 30.3 Å². The fraction of sp³-hybridized carbons (Fsp3) is 0.176. The van der Waals surface area contributed by atoms with Gasteiger partial charge in [-0.1, -0.05) is 18.2 Å². The smallest absolute Gasteiger partial charge is 0.266 e. The molecule has 0 saturated heterocycles. The van der Waals surface area contributed by atoms with E-state index < -0.39 is 0 Å². The third-order valence-corrected chi connectivity index (χ3v) is 3.60. The van der Waals surface area contributed by atoms with Crippen molar-refractivity contribution in [3.05, 3.63) is 71.0 Å². The van der Waals surface area contributed by atoms with Crippen LogP contribution in [0.2, 0.25) is 0 Å². The number of nitrogens with one attached hydrogen (secondary N) is 2. The van der Waals surface area contributed by atoms with Crippen LogP contribution in [-0.4, -0.2) is 49.4 Å². The van der Waals surface area contributed by atoms with Crippen LogP contribution < -0.4 is 16.2 Å². The van der Waals surface area contributed by atoms with Gasteiger partial charge in [-0.2, -0.15) is 5.10 Å². The van der Waals surface area contributed by atoms with Gasteiger partial charge in [0.05, 0.1) is 13.1 Å². The standard InChI is InChI=1S/C17H17N7O3/c25-15(10-20-17(27)13-4-2-1-3-5-13)19-8-9-23-16(26)7-6-14(22-23)24-12-18-11-21-24/h1-7,11-12H,8-10H2,(H,19,25)(H,20,27). The van der Waals surface area contributed by atoms with Crippen molar-refractivity contribution in [3.8, 4) is 5.82 Å². The molecule has 0 saturated carbocycles. The molecule has 0 radical (unpaired) electrons. The normalized spacial score (nSPS) is 10.4. The third-order valence-electron chi connectivity index (χ3n) is 3.60. The first-order valence-electron chi connectivity index (χ1n) is 8.16. The first kappa shape index (κ1) is 18.0. The Morgan fingerprint density at radius 1 is 1.04 bits per heavy atom. The molecule has 2 N–H and O–H groups in total. The van der Waals surface area contributed by atoms with Gasteiger partial charge in [-0.05, 0) is 18.2 Å². The molecule has 0 atom stereocenters. The van der Waals surface area contributed by atoms with Gasteiger partial charge in [0.25, 0.3) is 11.5 Å². The molecule has 0 unspecified atom stereocenters. The molecule has 138 valence electrons. The summed E-state index contributed by atoms with van der Waals surface area (Å²) in [7, 11) is 0. The topological polar surface area (TPSA) is 124 Å². The molecule has 2 amide bonds. The summed E-state index contributed by atoms with van der Waals surface area (Å²) in [6.07, 6.45) is 2.83. The van der Waals surface area contributed by atoms with E-state index in [4.69, 9.17) is 0 Å². The van der Waals surface area contributed by atoms with E-state index in [9.17, 15) is 14.4 Å². The predicted octanol–water partition coefficient (Wildman–Crippen LogP) is -0.630. The zero-order valence-electron chi connectivity index (χ0n) is 14.3. The van der Waals surface area contributed by atoms with E-state index in [0.717, 1.165) is 0 Å². The molecular weight excluding hydrogens is 350 g/mol. The molecule has 0 aliphatic heterocycles. The largest absolute Gasteiger partial charge is 0.353 e. The quantitative estimate of drug-likeness (QED) is 0.573. The van der Waals surface area contributed by atoms with Crippen LogP contribution in [0.1, 0.15) is 10.4 Å². The highest BCUT2D eigenvalue weighted by atomic mass is 16.2. The van der Waals surface area contributed by atoms with Crippen LogP contribution in [0.4, 0.5) is 0 Å². The summed E-state index contributed by atoms with van der Waals surface area (Å²) in [6, 6.07) is 11.5. The van der Waals surface area contributed by atoms with Crippen molar-refractivity contribution < 1.29 is 9.59 Å². The molecule has 10 heteroatoms. The molecule has 2 heterocycles. The Bertz CT molecular complexity index is 968. The lowest BCUT2D eigenvalue weighted by molar-refractivity contribution is -0.120. The average Bonchev–Trinajstić information content (AvgIpc) is 3.23. The second-order valence-corrected chi connectivity index (χ2v) is 5.49. The van der Waals surface area contributed by atoms with E-state index >= 15 is 0 Å². The van der Waals surface area contributed by atoms with Gasteiger partial charge in [-0.3, -0.25) is 14.4 Å². The van der Waals surface area contributed by atoms with Crippen LogP contribution in [-0.2, 0) is 11.3 Å². The van der Waals surface area contributed by atoms with Crippen LogP contribution in [0.3, 0.4) is 0 Å². The highest BCUT2D eigenvalue weighted by Crippen LogP contribution is 1.97. The van der Waals surface area contributed by atoms with Crippen LogP contribution >= 0.6 is 0 Å². The minimum Gasteiger partial charge on any atom is -0.353 e. The summed E-state index contributed by atoms with van der Waals surface area (Å²) in [6.45, 7) is 0.211. The van der Waals surface area contributed by atoms with E-state index in [2.05, 4.69) is 25.8 Å². The number of hydrogen-bond acceptors (Lipinski definition) is 6. The van der Waals surface area contributed by atoms with E-state index in [0.29, 0.717) is 11.4 Å². The van der Waals surface area contributed by atoms with Crippen molar-refractivity contribution in [2.75, 3.05) is 13.1 Å². The molecule has 27 heavy (non-hydrogen) atoms. The maximum Gasteiger partial charge on any atom is 0.266 e. The Morgan fingerprint density at radius 3 is 2.59 bits per heavy atom. The number of nitrogens with zero attached hydrogens (tertiary/aromatic N) is 5. The lowest BCUT2D eigenvalue weighted by Crippen LogP contribution is -2.39. The molecule has 0 aliphatic rings. The van der Waals surface area contributed by atoms with Gasteiger partial charge in [-0.25, -0.2) is 14.3 Å². The molecule has 0 fully saturated rings. The molecule has 0 bridgehead atoms. The molecule has 2 aromatic heterocycles. The van der Waals surface area contributed by atoms with Crippen LogP contribution in [0, 0.1) is 0 Å². The average molecular weight is 367 g/mol. The molecule has 10 nitrogen and oxygen atoms in total. The van der Waals surface area contributed by atoms with Gasteiger partial charge in [0.2, 0.25) is 5.91 Å². The summed E-state index contributed by atoms with van der Waals surface area (Å²) in [5.41, 5.74) is 0.177. The van der Waals surface area contributed by atoms with Gasteiger partial charge in [0.1, 0.15) is 12.7 Å². The van der Waals surface area contributed by atoms with Crippen LogP contribution in [0.5, 0.6) is 0 Å². The summed E-state index contributed by atoms with van der Waals surface area (Å²) < 4.78 is 2.65. The first-order valence-corrected chi connectivity index (χ1v) is 8.16. The number of rotatable bonds is 7. The second-order valence-electron chi connectivity index (χ2n) is 5.49. The molecule has 3 rings (SSSR count). The van der Waals surface area contributed by atoms with Gasteiger partial charge in [-0.15, -0.1) is 5.10 Å². The Balaban J connectivity index is 1.48. The number of benzene rings is 1. The van der Waals surface area contributed by atoms with Crippen molar-refractivity contribution >= 4 is 11.8 Å². The van der Waals surface area contributed by atoms with E-state index in [1.165, 1.54) is 34.2 Å². The highest BCUT2D eigenvalue weighted by molar-refractivity contribution is 5.96. The molecule has 3 aromatic rings. The van der Waals surface area contributed by atoms with E-state index in [1.807, 2.05) is 0 Å². The zero-order valence-corrected chi connectivity index (χ0v) is 14.3. The van der Waals surface area contributed by atoms with Crippen molar-refractivity contribution in [1.82, 2.24) is 35.2 Å². The Labute approximate surface area is 153 Å². The van der Waals surface area contributed by atoms with Crippen molar-refractivity contribution in [1.29, 1.82) is 0 Å². The number of carbonyl (C=O) groups is 2. The molecular formula is C17H17N7O3. The SMILES string of the molecule is O=C(CNC(=O)c1ccccc1)NCCn1nc(-n2cncn2)ccc1=O. The molecule has 0 spiro atoms. The van der Waals surface area contributed by atoms with Gasteiger partial charge >= 0.3 is 0 Å². The minimum atomic E-state index is -0.361. The fourth-order valence-electron chi connectivity index (χ4n) is 2.26. The van der Waals surface area contributed by atoms with Gasteiger partial charge in [0, 0.05) is 18.2 Å². The predicted molar refractivity (Wildman–Crippen MR) is 95.2 cm³/mol. The highest BCUT2D eigenvalue weighted by Gasteiger charge is 2.08. The Hall–Kier alpha value is -3.82. The number of hydrogen-bond donors (Lipinski definition) is 2. The Kier molecular flexibility index (Phi) is 5.67. The summed E-state index contributed by atoms with van der Waals surface area (Å²) >= 11 is 0. The molecule has 0 aliphatic carbocycles. The number of amides is 2. The lowest BCUT2D eigenvalue weighted by atomic mass is 10.2. The van der Waals surface area contributed by atoms with Crippen LogP contribution in [0.15, 0.2) is 59.9 Å². The summed E-state index contributed by atoms with van der Waals surface area (Å²) in [4.78, 5) is 39.4. The maximum atomic E-state index is 11.9. The van der Waals surface area contributed by atoms with Crippen molar-refractivity contribution in [2.45, 2.75) is 6.54 Å². The number of aromatic nitrogens is 5. The lowest BCUT2D eigenvalue weighted by Gasteiger charge is -2.09. The maximum absolute atomic E-state index is 11.9. The minimum absolute atomic E-state index is 0.158. The van der Waals surface area contributed by atoms with E-state index in [-0.39, 0.29) is 37.0 Å². The Morgan fingerprint density at radius 2 is 1.85 bits per heavy atom. The third kappa shape index (κ3) is 4.84. The molecule has 1 aromatic carbocycles. The monoisotopic (exact) mass is 367 g/mol. The first-order chi connectivity index (χ1) is 13.1. The van der Waals surface area contributed by atoms with Crippen molar-refractivity contribution in [3.63, 3.8) is 0 Å². The van der Waals surface area contributed by atoms with Gasteiger partial charge in [0.15, 0.2) is 5.82 Å². The second kappa shape index (κ2) is 8.52. The summed E-state index contributed by atoms with van der Waals surface area (Å²) in [5.74, 6) is -0.252. The zero-order chi connectivity index (χ0) is 19.1. The number of carbonyl (C=O) groups excluding carboxylic acids is 2. The fourth-order valence-corrected chi connectivity index (χ4v) is 2.26. The summed E-state index contributed by atoms with van der Waals surface area (Å²) in [5, 5.41) is 13.3.